The number of aromatic nitrogens is 2. The van der Waals surface area contributed by atoms with Crippen LogP contribution in [0.15, 0.2) is 18.2 Å². The summed E-state index contributed by atoms with van der Waals surface area (Å²) in [6, 6.07) is 3.79. The Labute approximate surface area is 143 Å². The molecule has 0 bridgehead atoms. The molecule has 25 heavy (non-hydrogen) atoms. The number of amides is 1. The van der Waals surface area contributed by atoms with Crippen molar-refractivity contribution < 1.29 is 19.6 Å². The van der Waals surface area contributed by atoms with E-state index < -0.39 is 28.5 Å². The van der Waals surface area contributed by atoms with Crippen LogP contribution in [0, 0.1) is 30.9 Å². The minimum atomic E-state index is -1.33. The van der Waals surface area contributed by atoms with E-state index >= 15 is 0 Å². The number of aliphatic carboxylic acids is 1. The van der Waals surface area contributed by atoms with E-state index in [2.05, 4.69) is 10.4 Å². The van der Waals surface area contributed by atoms with E-state index in [0.717, 1.165) is 15.8 Å². The van der Waals surface area contributed by atoms with Crippen LogP contribution in [0.1, 0.15) is 38.9 Å². The average molecular weight is 346 g/mol. The summed E-state index contributed by atoms with van der Waals surface area (Å²) in [7, 11) is 1.39. The zero-order valence-electron chi connectivity index (χ0n) is 14.2. The molecule has 0 aliphatic heterocycles. The van der Waals surface area contributed by atoms with Gasteiger partial charge >= 0.3 is 11.7 Å². The van der Waals surface area contributed by atoms with E-state index in [1.165, 1.54) is 14.0 Å². The number of carbonyl (C=O) groups excluding carboxylic acids is 1. The first-order valence-corrected chi connectivity index (χ1v) is 7.43. The highest BCUT2D eigenvalue weighted by molar-refractivity contribution is 5.99. The quantitative estimate of drug-likeness (QED) is 0.628. The highest BCUT2D eigenvalue weighted by Crippen LogP contribution is 2.25. The lowest BCUT2D eigenvalue weighted by atomic mass is 9.97. The monoisotopic (exact) mass is 346 g/mol. The summed E-state index contributed by atoms with van der Waals surface area (Å²) in [4.78, 5) is 34.7. The van der Waals surface area contributed by atoms with Crippen molar-refractivity contribution in [2.75, 3.05) is 0 Å². The Morgan fingerprint density at radius 1 is 1.32 bits per heavy atom. The largest absolute Gasteiger partial charge is 0.479 e. The van der Waals surface area contributed by atoms with Crippen molar-refractivity contribution in [3.8, 4) is 0 Å². The lowest BCUT2D eigenvalue weighted by Crippen LogP contribution is -2.35. The van der Waals surface area contributed by atoms with E-state index in [9.17, 15) is 24.8 Å². The van der Waals surface area contributed by atoms with Gasteiger partial charge in [0, 0.05) is 7.05 Å². The molecule has 0 saturated carbocycles. The lowest BCUT2D eigenvalue weighted by Gasteiger charge is -2.18. The summed E-state index contributed by atoms with van der Waals surface area (Å²) in [6.07, 6.45) is 0. The molecule has 0 fully saturated rings. The highest BCUT2D eigenvalue weighted by atomic mass is 16.6. The number of hydrogen-bond donors (Lipinski definition) is 2. The minimum Gasteiger partial charge on any atom is -0.479 e. The number of carbonyl (C=O) groups is 2. The number of benzene rings is 1. The van der Waals surface area contributed by atoms with Crippen LogP contribution in [0.2, 0.25) is 0 Å². The average Bonchev–Trinajstić information content (AvgIpc) is 2.82. The Bertz CT molecular complexity index is 872. The summed E-state index contributed by atoms with van der Waals surface area (Å²) >= 11 is 0. The van der Waals surface area contributed by atoms with Gasteiger partial charge in [-0.1, -0.05) is 18.2 Å². The van der Waals surface area contributed by atoms with E-state index in [1.807, 2.05) is 13.0 Å². The van der Waals surface area contributed by atoms with E-state index in [-0.39, 0.29) is 11.4 Å². The van der Waals surface area contributed by atoms with Crippen LogP contribution in [0.3, 0.4) is 0 Å². The SMILES string of the molecule is Cc1cccc(C(NC(=O)c2c([N+](=O)[O-])c(C)nn2C)C(=O)O)c1C. The van der Waals surface area contributed by atoms with Crippen LogP contribution in [-0.4, -0.2) is 31.7 Å². The summed E-state index contributed by atoms with van der Waals surface area (Å²) in [5, 5.41) is 27.0. The third-order valence-corrected chi connectivity index (χ3v) is 4.07. The molecule has 9 heteroatoms. The molecule has 1 aromatic heterocycles. The number of nitrogens with zero attached hydrogens (tertiary/aromatic N) is 3. The first kappa shape index (κ1) is 18.1. The van der Waals surface area contributed by atoms with Crippen LogP contribution in [0.4, 0.5) is 5.69 Å². The van der Waals surface area contributed by atoms with Gasteiger partial charge in [0.05, 0.1) is 4.92 Å². The van der Waals surface area contributed by atoms with Gasteiger partial charge in [0.15, 0.2) is 6.04 Å². The first-order valence-electron chi connectivity index (χ1n) is 7.43. The molecule has 1 heterocycles. The minimum absolute atomic E-state index is 0.0799. The molecule has 0 saturated heterocycles. The van der Waals surface area contributed by atoms with Crippen LogP contribution in [0.5, 0.6) is 0 Å². The topological polar surface area (TPSA) is 127 Å². The van der Waals surface area contributed by atoms with E-state index in [1.54, 1.807) is 19.1 Å². The van der Waals surface area contributed by atoms with Gasteiger partial charge in [0.2, 0.25) is 5.69 Å². The Balaban J connectivity index is 2.46. The summed E-state index contributed by atoms with van der Waals surface area (Å²) < 4.78 is 1.07. The maximum absolute atomic E-state index is 12.5. The Morgan fingerprint density at radius 2 is 1.96 bits per heavy atom. The third kappa shape index (κ3) is 3.35. The summed E-state index contributed by atoms with van der Waals surface area (Å²) in [5.74, 6) is -2.13. The van der Waals surface area contributed by atoms with Gasteiger partial charge < -0.3 is 10.4 Å². The summed E-state index contributed by atoms with van der Waals surface area (Å²) in [5.41, 5.74) is 1.37. The second-order valence-electron chi connectivity index (χ2n) is 5.70. The number of nitro groups is 1. The Hall–Kier alpha value is -3.23. The molecule has 9 nitrogen and oxygen atoms in total. The smallest absolute Gasteiger partial charge is 0.330 e. The molecular formula is C16H18N4O5. The number of carboxylic acids is 1. The van der Waals surface area contributed by atoms with Gasteiger partial charge in [0.1, 0.15) is 5.69 Å². The predicted molar refractivity (Wildman–Crippen MR) is 88.4 cm³/mol. The van der Waals surface area contributed by atoms with Gasteiger partial charge in [0.25, 0.3) is 5.91 Å². The first-order chi connectivity index (χ1) is 11.6. The van der Waals surface area contributed by atoms with Gasteiger partial charge in [-0.3, -0.25) is 19.6 Å². The molecule has 0 spiro atoms. The van der Waals surface area contributed by atoms with E-state index in [0.29, 0.717) is 5.56 Å². The molecule has 1 unspecified atom stereocenters. The van der Waals surface area contributed by atoms with Gasteiger partial charge in [-0.15, -0.1) is 0 Å². The van der Waals surface area contributed by atoms with Crippen molar-refractivity contribution in [2.24, 2.45) is 7.05 Å². The normalized spacial score (nSPS) is 11.8. The summed E-state index contributed by atoms with van der Waals surface area (Å²) in [6.45, 7) is 4.99. The number of rotatable bonds is 5. The zero-order chi connectivity index (χ0) is 18.9. The van der Waals surface area contributed by atoms with Crippen molar-refractivity contribution in [3.05, 3.63) is 56.4 Å². The fourth-order valence-electron chi connectivity index (χ4n) is 2.68. The molecule has 1 atom stereocenters. The fraction of sp³-hybridized carbons (Fsp3) is 0.312. The van der Waals surface area contributed by atoms with Crippen molar-refractivity contribution in [1.82, 2.24) is 15.1 Å². The maximum Gasteiger partial charge on any atom is 0.330 e. The second kappa shape index (κ2) is 6.71. The number of nitrogens with one attached hydrogen (secondary N) is 1. The Morgan fingerprint density at radius 3 is 2.52 bits per heavy atom. The fourth-order valence-corrected chi connectivity index (χ4v) is 2.68. The molecule has 132 valence electrons. The second-order valence-corrected chi connectivity index (χ2v) is 5.70. The predicted octanol–water partition coefficient (Wildman–Crippen LogP) is 1.81. The molecule has 2 rings (SSSR count). The van der Waals surface area contributed by atoms with Crippen LogP contribution in [-0.2, 0) is 11.8 Å². The van der Waals surface area contributed by atoms with Gasteiger partial charge in [-0.2, -0.15) is 5.10 Å². The van der Waals surface area contributed by atoms with Crippen LogP contribution in [0.25, 0.3) is 0 Å². The van der Waals surface area contributed by atoms with Crippen LogP contribution >= 0.6 is 0 Å². The third-order valence-electron chi connectivity index (χ3n) is 4.07. The van der Waals surface area contributed by atoms with Gasteiger partial charge in [-0.25, -0.2) is 4.79 Å². The zero-order valence-corrected chi connectivity index (χ0v) is 14.2. The molecule has 1 amide bonds. The number of carboxylic acid groups (broad SMARTS) is 1. The van der Waals surface area contributed by atoms with Crippen molar-refractivity contribution >= 4 is 17.6 Å². The lowest BCUT2D eigenvalue weighted by molar-refractivity contribution is -0.385. The number of aryl methyl sites for hydroxylation is 3. The molecule has 0 radical (unpaired) electrons. The molecule has 0 aliphatic rings. The van der Waals surface area contributed by atoms with E-state index in [4.69, 9.17) is 0 Å². The molecular weight excluding hydrogens is 328 g/mol. The Kier molecular flexibility index (Phi) is 4.87. The molecule has 0 aliphatic carbocycles. The molecule has 2 aromatic rings. The van der Waals surface area contributed by atoms with Gasteiger partial charge in [-0.05, 0) is 37.5 Å². The highest BCUT2D eigenvalue weighted by Gasteiger charge is 2.32. The molecule has 1 aromatic carbocycles. The van der Waals surface area contributed by atoms with Crippen molar-refractivity contribution in [2.45, 2.75) is 26.8 Å². The van der Waals surface area contributed by atoms with Crippen molar-refractivity contribution in [1.29, 1.82) is 0 Å². The van der Waals surface area contributed by atoms with Crippen molar-refractivity contribution in [3.63, 3.8) is 0 Å². The molecule has 2 N–H and O–H groups in total. The van der Waals surface area contributed by atoms with Crippen LogP contribution < -0.4 is 5.32 Å². The standard InChI is InChI=1S/C16H18N4O5/c1-8-6-5-7-11(9(8)2)12(16(22)23)17-15(21)14-13(20(24)25)10(3)18-19(14)4/h5-7,12H,1-4H3,(H,17,21)(H,22,23). The maximum atomic E-state index is 12.5. The number of hydrogen-bond acceptors (Lipinski definition) is 5.